The lowest BCUT2D eigenvalue weighted by atomic mass is 9.84. The van der Waals surface area contributed by atoms with E-state index in [1.165, 1.54) is 13.5 Å². The Morgan fingerprint density at radius 1 is 1.18 bits per heavy atom. The maximum absolute atomic E-state index is 12.0. The van der Waals surface area contributed by atoms with Crippen LogP contribution >= 0.6 is 0 Å². The van der Waals surface area contributed by atoms with Gasteiger partial charge in [0.15, 0.2) is 5.60 Å². The van der Waals surface area contributed by atoms with Gasteiger partial charge in [-0.2, -0.15) is 0 Å². The van der Waals surface area contributed by atoms with E-state index in [-0.39, 0.29) is 12.1 Å². The second kappa shape index (κ2) is 5.83. The fourth-order valence-electron chi connectivity index (χ4n) is 2.91. The van der Waals surface area contributed by atoms with Crippen LogP contribution in [0.1, 0.15) is 44.9 Å². The molecule has 1 N–H and O–H groups in total. The molecular formula is C13H23NO3. The standard InChI is InChI=1S/C13H23NO3/c1-16-12(15)13(7-3-2-4-8-13)17-11-5-9-14-10-6-11/h11,14H,2-10H2,1H3. The molecule has 0 aromatic carbocycles. The molecule has 4 nitrogen and oxygen atoms in total. The van der Waals surface area contributed by atoms with Crippen molar-refractivity contribution in [3.63, 3.8) is 0 Å². The van der Waals surface area contributed by atoms with Crippen molar-refractivity contribution in [1.29, 1.82) is 0 Å². The summed E-state index contributed by atoms with van der Waals surface area (Å²) in [6.45, 7) is 1.98. The molecule has 98 valence electrons. The largest absolute Gasteiger partial charge is 0.467 e. The van der Waals surface area contributed by atoms with Gasteiger partial charge in [0, 0.05) is 0 Å². The number of hydrogen-bond donors (Lipinski definition) is 1. The Labute approximate surface area is 103 Å². The van der Waals surface area contributed by atoms with Crippen LogP contribution in [0.15, 0.2) is 0 Å². The van der Waals surface area contributed by atoms with Crippen LogP contribution in [0.25, 0.3) is 0 Å². The molecule has 2 aliphatic rings. The first-order valence-corrected chi connectivity index (χ1v) is 6.74. The number of rotatable bonds is 3. The molecule has 1 heterocycles. The minimum atomic E-state index is -0.644. The Kier molecular flexibility index (Phi) is 4.40. The first-order valence-electron chi connectivity index (χ1n) is 6.74. The lowest BCUT2D eigenvalue weighted by Crippen LogP contribution is -2.48. The molecule has 0 bridgehead atoms. The predicted octanol–water partition coefficient (Wildman–Crippen LogP) is 1.63. The summed E-state index contributed by atoms with van der Waals surface area (Å²) >= 11 is 0. The average Bonchev–Trinajstić information content (AvgIpc) is 2.40. The number of esters is 1. The van der Waals surface area contributed by atoms with Gasteiger partial charge in [-0.25, -0.2) is 4.79 Å². The van der Waals surface area contributed by atoms with Crippen molar-refractivity contribution < 1.29 is 14.3 Å². The van der Waals surface area contributed by atoms with Gasteiger partial charge >= 0.3 is 5.97 Å². The van der Waals surface area contributed by atoms with Crippen molar-refractivity contribution in [3.05, 3.63) is 0 Å². The molecule has 1 aliphatic heterocycles. The molecule has 1 saturated carbocycles. The third-order valence-electron chi connectivity index (χ3n) is 3.90. The lowest BCUT2D eigenvalue weighted by molar-refractivity contribution is -0.185. The zero-order valence-electron chi connectivity index (χ0n) is 10.7. The zero-order chi connectivity index (χ0) is 12.1. The van der Waals surface area contributed by atoms with Gasteiger partial charge in [-0.3, -0.25) is 0 Å². The summed E-state index contributed by atoms with van der Waals surface area (Å²) in [6, 6.07) is 0. The molecule has 1 saturated heterocycles. The van der Waals surface area contributed by atoms with Crippen molar-refractivity contribution in [2.75, 3.05) is 20.2 Å². The maximum Gasteiger partial charge on any atom is 0.338 e. The highest BCUT2D eigenvalue weighted by Gasteiger charge is 2.43. The van der Waals surface area contributed by atoms with Crippen molar-refractivity contribution in [2.24, 2.45) is 0 Å². The van der Waals surface area contributed by atoms with Crippen LogP contribution < -0.4 is 5.32 Å². The first kappa shape index (κ1) is 12.8. The molecular weight excluding hydrogens is 218 g/mol. The Balaban J connectivity index is 2.01. The smallest absolute Gasteiger partial charge is 0.338 e. The summed E-state index contributed by atoms with van der Waals surface area (Å²) in [5.74, 6) is -0.171. The molecule has 17 heavy (non-hydrogen) atoms. The van der Waals surface area contributed by atoms with Crippen LogP contribution in [-0.4, -0.2) is 37.9 Å². The summed E-state index contributed by atoms with van der Waals surface area (Å²) < 4.78 is 11.1. The Morgan fingerprint density at radius 2 is 1.82 bits per heavy atom. The first-order chi connectivity index (χ1) is 8.27. The van der Waals surface area contributed by atoms with E-state index in [1.54, 1.807) is 0 Å². The molecule has 2 fully saturated rings. The second-order valence-corrected chi connectivity index (χ2v) is 5.11. The fourth-order valence-corrected chi connectivity index (χ4v) is 2.91. The van der Waals surface area contributed by atoms with Gasteiger partial charge in [-0.05, 0) is 51.6 Å². The summed E-state index contributed by atoms with van der Waals surface area (Å²) in [5.41, 5.74) is -0.644. The van der Waals surface area contributed by atoms with E-state index in [4.69, 9.17) is 9.47 Å². The molecule has 4 heteroatoms. The van der Waals surface area contributed by atoms with E-state index in [9.17, 15) is 4.79 Å². The van der Waals surface area contributed by atoms with Crippen LogP contribution in [0.3, 0.4) is 0 Å². The van der Waals surface area contributed by atoms with E-state index in [2.05, 4.69) is 5.32 Å². The Bertz CT molecular complexity index is 255. The number of piperidine rings is 1. The number of methoxy groups -OCH3 is 1. The van der Waals surface area contributed by atoms with E-state index >= 15 is 0 Å². The quantitative estimate of drug-likeness (QED) is 0.763. The molecule has 0 aromatic rings. The summed E-state index contributed by atoms with van der Waals surface area (Å²) in [4.78, 5) is 12.0. The third-order valence-corrected chi connectivity index (χ3v) is 3.90. The predicted molar refractivity (Wildman–Crippen MR) is 64.8 cm³/mol. The summed E-state index contributed by atoms with van der Waals surface area (Å²) in [7, 11) is 1.46. The molecule has 0 radical (unpaired) electrons. The molecule has 1 aliphatic carbocycles. The van der Waals surface area contributed by atoms with Gasteiger partial charge < -0.3 is 14.8 Å². The van der Waals surface area contributed by atoms with Crippen LogP contribution in [-0.2, 0) is 14.3 Å². The number of carbonyl (C=O) groups is 1. The van der Waals surface area contributed by atoms with E-state index in [0.717, 1.165) is 51.6 Å². The zero-order valence-corrected chi connectivity index (χ0v) is 10.7. The van der Waals surface area contributed by atoms with E-state index in [1.807, 2.05) is 0 Å². The molecule has 0 atom stereocenters. The van der Waals surface area contributed by atoms with Crippen molar-refractivity contribution >= 4 is 5.97 Å². The Morgan fingerprint density at radius 3 is 2.41 bits per heavy atom. The van der Waals surface area contributed by atoms with E-state index in [0.29, 0.717) is 0 Å². The minimum Gasteiger partial charge on any atom is -0.467 e. The third kappa shape index (κ3) is 2.99. The van der Waals surface area contributed by atoms with Crippen LogP contribution in [0, 0.1) is 0 Å². The topological polar surface area (TPSA) is 47.6 Å². The van der Waals surface area contributed by atoms with Crippen LogP contribution in [0.5, 0.6) is 0 Å². The SMILES string of the molecule is COC(=O)C1(OC2CCNCC2)CCCCC1. The molecule has 0 aromatic heterocycles. The number of carbonyl (C=O) groups excluding carboxylic acids is 1. The number of hydrogen-bond acceptors (Lipinski definition) is 4. The molecule has 0 unspecified atom stereocenters. The normalized spacial score (nSPS) is 25.5. The van der Waals surface area contributed by atoms with Crippen molar-refractivity contribution in [3.8, 4) is 0 Å². The fraction of sp³-hybridized carbons (Fsp3) is 0.923. The van der Waals surface area contributed by atoms with Gasteiger partial charge in [0.05, 0.1) is 13.2 Å². The number of nitrogens with one attached hydrogen (secondary N) is 1. The maximum atomic E-state index is 12.0. The molecule has 0 amide bonds. The van der Waals surface area contributed by atoms with Gasteiger partial charge in [0.2, 0.25) is 0 Å². The number of ether oxygens (including phenoxy) is 2. The van der Waals surface area contributed by atoms with Crippen LogP contribution in [0.4, 0.5) is 0 Å². The van der Waals surface area contributed by atoms with Gasteiger partial charge in [-0.1, -0.05) is 6.42 Å². The minimum absolute atomic E-state index is 0.171. The Hall–Kier alpha value is -0.610. The highest BCUT2D eigenvalue weighted by Crippen LogP contribution is 2.35. The average molecular weight is 241 g/mol. The summed E-state index contributed by atoms with van der Waals surface area (Å²) in [6.07, 6.45) is 7.20. The van der Waals surface area contributed by atoms with Crippen molar-refractivity contribution in [2.45, 2.75) is 56.7 Å². The van der Waals surface area contributed by atoms with Gasteiger partial charge in [-0.15, -0.1) is 0 Å². The van der Waals surface area contributed by atoms with Crippen LogP contribution in [0.2, 0.25) is 0 Å². The molecule has 0 spiro atoms. The summed E-state index contributed by atoms with van der Waals surface area (Å²) in [5, 5.41) is 3.31. The van der Waals surface area contributed by atoms with Gasteiger partial charge in [0.25, 0.3) is 0 Å². The highest BCUT2D eigenvalue weighted by atomic mass is 16.6. The van der Waals surface area contributed by atoms with Gasteiger partial charge in [0.1, 0.15) is 0 Å². The monoisotopic (exact) mass is 241 g/mol. The molecule has 2 rings (SSSR count). The van der Waals surface area contributed by atoms with Crippen molar-refractivity contribution in [1.82, 2.24) is 5.32 Å². The highest BCUT2D eigenvalue weighted by molar-refractivity contribution is 5.79. The lowest BCUT2D eigenvalue weighted by Gasteiger charge is -2.38. The van der Waals surface area contributed by atoms with E-state index < -0.39 is 5.60 Å². The second-order valence-electron chi connectivity index (χ2n) is 5.11.